The minimum Gasteiger partial charge on any atom is -0.309 e. The number of rotatable bonds is 0. The van der Waals surface area contributed by atoms with E-state index in [2.05, 4.69) is 0 Å². The molecule has 2 fully saturated rings. The van der Waals surface area contributed by atoms with Crippen molar-refractivity contribution >= 4 is 8.07 Å². The summed E-state index contributed by atoms with van der Waals surface area (Å²) in [6.07, 6.45) is 8.70. The summed E-state index contributed by atoms with van der Waals surface area (Å²) >= 11 is 0. The van der Waals surface area contributed by atoms with Crippen LogP contribution in [0, 0.1) is 0 Å². The molecule has 0 radical (unpaired) electrons. The van der Waals surface area contributed by atoms with Gasteiger partial charge >= 0.3 is 0 Å². The van der Waals surface area contributed by atoms with Gasteiger partial charge in [-0.25, -0.2) is 0 Å². The third-order valence-electron chi connectivity index (χ3n) is 2.99. The van der Waals surface area contributed by atoms with Gasteiger partial charge in [-0.05, 0) is 45.1 Å². The fraction of sp³-hybridized carbons (Fsp3) is 1.00. The van der Waals surface area contributed by atoms with Crippen molar-refractivity contribution in [2.75, 3.05) is 0 Å². The van der Waals surface area contributed by atoms with E-state index >= 15 is 0 Å². The standard InChI is InChI=1S/C8H16NP/c9-10-7-3-1-4-8(10)6-2-5-7/h7-8H,1-6,9H2. The number of fused-ring (bicyclic) bond motifs is 2. The first-order valence-corrected chi connectivity index (χ1v) is 5.96. The fourth-order valence-electron chi connectivity index (χ4n) is 2.36. The van der Waals surface area contributed by atoms with Gasteiger partial charge in [0.2, 0.25) is 0 Å². The average molecular weight is 157 g/mol. The zero-order valence-corrected chi connectivity index (χ0v) is 7.32. The van der Waals surface area contributed by atoms with Crippen LogP contribution in [-0.4, -0.2) is 11.3 Å². The molecule has 0 aromatic carbocycles. The average Bonchev–Trinajstić information content (AvgIpc) is 1.86. The van der Waals surface area contributed by atoms with E-state index in [1.165, 1.54) is 38.5 Å². The molecule has 2 saturated heterocycles. The molecule has 10 heavy (non-hydrogen) atoms. The van der Waals surface area contributed by atoms with Crippen LogP contribution in [0.2, 0.25) is 0 Å². The lowest BCUT2D eigenvalue weighted by Gasteiger charge is -2.40. The van der Waals surface area contributed by atoms with Gasteiger partial charge < -0.3 is 5.50 Å². The van der Waals surface area contributed by atoms with E-state index in [1.807, 2.05) is 0 Å². The summed E-state index contributed by atoms with van der Waals surface area (Å²) in [6, 6.07) is 0. The fourth-order valence-corrected chi connectivity index (χ4v) is 4.88. The van der Waals surface area contributed by atoms with Crippen molar-refractivity contribution in [1.29, 1.82) is 0 Å². The lowest BCUT2D eigenvalue weighted by Crippen LogP contribution is -2.29. The van der Waals surface area contributed by atoms with Crippen LogP contribution >= 0.6 is 8.07 Å². The Morgan fingerprint density at radius 3 is 1.60 bits per heavy atom. The van der Waals surface area contributed by atoms with Crippen LogP contribution in [0.5, 0.6) is 0 Å². The summed E-state index contributed by atoms with van der Waals surface area (Å²) in [6.45, 7) is 0. The minimum absolute atomic E-state index is 0.0296. The summed E-state index contributed by atoms with van der Waals surface area (Å²) in [5, 5.41) is 0. The summed E-state index contributed by atoms with van der Waals surface area (Å²) < 4.78 is 0. The van der Waals surface area contributed by atoms with E-state index in [4.69, 9.17) is 5.50 Å². The molecule has 0 atom stereocenters. The van der Waals surface area contributed by atoms with Crippen molar-refractivity contribution in [3.05, 3.63) is 0 Å². The zero-order chi connectivity index (χ0) is 6.97. The van der Waals surface area contributed by atoms with Gasteiger partial charge in [0.05, 0.1) is 0 Å². The summed E-state index contributed by atoms with van der Waals surface area (Å²) in [5.41, 5.74) is 8.07. The second kappa shape index (κ2) is 2.79. The highest BCUT2D eigenvalue weighted by Crippen LogP contribution is 2.54. The SMILES string of the molecule is NP1C2CCCC1CCC2. The molecule has 2 N–H and O–H groups in total. The molecular formula is C8H16NP. The summed E-state index contributed by atoms with van der Waals surface area (Å²) in [5.74, 6) is 0. The molecule has 2 bridgehead atoms. The molecular weight excluding hydrogens is 141 g/mol. The van der Waals surface area contributed by atoms with Crippen LogP contribution in [0.3, 0.4) is 0 Å². The number of hydrogen-bond acceptors (Lipinski definition) is 1. The Bertz CT molecular complexity index is 104. The van der Waals surface area contributed by atoms with E-state index in [-0.39, 0.29) is 8.07 Å². The molecule has 0 spiro atoms. The Kier molecular flexibility index (Phi) is 1.97. The maximum absolute atomic E-state index is 6.15. The first-order chi connectivity index (χ1) is 4.88. The van der Waals surface area contributed by atoms with Crippen molar-refractivity contribution in [3.8, 4) is 0 Å². The minimum atomic E-state index is -0.0296. The Morgan fingerprint density at radius 1 is 0.900 bits per heavy atom. The highest BCUT2D eigenvalue weighted by atomic mass is 31.1. The van der Waals surface area contributed by atoms with E-state index in [1.54, 1.807) is 0 Å². The molecule has 0 aromatic rings. The third-order valence-corrected chi connectivity index (χ3v) is 5.71. The predicted octanol–water partition coefficient (Wildman–Crippen LogP) is 2.45. The van der Waals surface area contributed by atoms with Gasteiger partial charge in [-0.3, -0.25) is 0 Å². The van der Waals surface area contributed by atoms with Crippen molar-refractivity contribution < 1.29 is 0 Å². The van der Waals surface area contributed by atoms with Crippen LogP contribution in [0.25, 0.3) is 0 Å². The molecule has 2 rings (SSSR count). The maximum Gasteiger partial charge on any atom is -0.00778 e. The Morgan fingerprint density at radius 2 is 1.30 bits per heavy atom. The van der Waals surface area contributed by atoms with Gasteiger partial charge in [-0.1, -0.05) is 12.8 Å². The van der Waals surface area contributed by atoms with Gasteiger partial charge in [0.1, 0.15) is 0 Å². The number of nitrogens with two attached hydrogens (primary N) is 1. The number of hydrogen-bond donors (Lipinski definition) is 1. The van der Waals surface area contributed by atoms with Crippen molar-refractivity contribution in [2.45, 2.75) is 49.8 Å². The molecule has 2 heterocycles. The largest absolute Gasteiger partial charge is 0.309 e. The van der Waals surface area contributed by atoms with E-state index in [0.29, 0.717) is 0 Å². The lowest BCUT2D eigenvalue weighted by atomic mass is 9.99. The van der Waals surface area contributed by atoms with E-state index < -0.39 is 0 Å². The molecule has 0 saturated carbocycles. The Labute approximate surface area is 64.2 Å². The molecule has 2 heteroatoms. The topological polar surface area (TPSA) is 26.0 Å². The summed E-state index contributed by atoms with van der Waals surface area (Å²) in [4.78, 5) is 0. The quantitative estimate of drug-likeness (QED) is 0.537. The molecule has 0 aromatic heterocycles. The van der Waals surface area contributed by atoms with Crippen LogP contribution in [0.1, 0.15) is 38.5 Å². The second-order valence-corrected chi connectivity index (χ2v) is 5.97. The first-order valence-electron chi connectivity index (χ1n) is 4.41. The van der Waals surface area contributed by atoms with Gasteiger partial charge in [0.25, 0.3) is 0 Å². The van der Waals surface area contributed by atoms with Crippen molar-refractivity contribution in [2.24, 2.45) is 5.50 Å². The Hall–Kier alpha value is 0.390. The monoisotopic (exact) mass is 157 g/mol. The summed E-state index contributed by atoms with van der Waals surface area (Å²) in [7, 11) is -0.0296. The van der Waals surface area contributed by atoms with Gasteiger partial charge in [-0.2, -0.15) is 0 Å². The molecule has 1 nitrogen and oxygen atoms in total. The normalized spacial score (nSPS) is 47.1. The van der Waals surface area contributed by atoms with E-state index in [0.717, 1.165) is 11.3 Å². The van der Waals surface area contributed by atoms with Crippen LogP contribution < -0.4 is 5.50 Å². The molecule has 2 aliphatic rings. The molecule has 2 aliphatic heterocycles. The van der Waals surface area contributed by atoms with Crippen LogP contribution in [0.15, 0.2) is 0 Å². The second-order valence-electron chi connectivity index (χ2n) is 3.62. The van der Waals surface area contributed by atoms with Gasteiger partial charge in [-0.15, -0.1) is 0 Å². The zero-order valence-electron chi connectivity index (χ0n) is 6.42. The molecule has 58 valence electrons. The molecule has 0 amide bonds. The van der Waals surface area contributed by atoms with Crippen molar-refractivity contribution in [1.82, 2.24) is 0 Å². The van der Waals surface area contributed by atoms with E-state index in [9.17, 15) is 0 Å². The van der Waals surface area contributed by atoms with Crippen LogP contribution in [-0.2, 0) is 0 Å². The van der Waals surface area contributed by atoms with Gasteiger partial charge in [0, 0.05) is 0 Å². The van der Waals surface area contributed by atoms with Crippen LogP contribution in [0.4, 0.5) is 0 Å². The van der Waals surface area contributed by atoms with Gasteiger partial charge in [0.15, 0.2) is 0 Å². The predicted molar refractivity (Wildman–Crippen MR) is 46.4 cm³/mol. The smallest absolute Gasteiger partial charge is 0.00778 e. The lowest BCUT2D eigenvalue weighted by molar-refractivity contribution is 0.475. The first kappa shape index (κ1) is 7.06. The third kappa shape index (κ3) is 1.10. The molecule has 0 unspecified atom stereocenters. The highest BCUT2D eigenvalue weighted by Gasteiger charge is 2.33. The highest BCUT2D eigenvalue weighted by molar-refractivity contribution is 7.56. The van der Waals surface area contributed by atoms with Crippen molar-refractivity contribution in [3.63, 3.8) is 0 Å². The maximum atomic E-state index is 6.15. The molecule has 0 aliphatic carbocycles. The Balaban J connectivity index is 2.05.